The summed E-state index contributed by atoms with van der Waals surface area (Å²) in [5.41, 5.74) is 0.804. The Bertz CT molecular complexity index is 819. The van der Waals surface area contributed by atoms with Crippen LogP contribution in [0, 0.1) is 46.3 Å². The Labute approximate surface area is 230 Å². The highest BCUT2D eigenvalue weighted by Crippen LogP contribution is 2.69. The van der Waals surface area contributed by atoms with Crippen LogP contribution >= 0.6 is 0 Å². The van der Waals surface area contributed by atoms with E-state index in [4.69, 9.17) is 13.6 Å². The van der Waals surface area contributed by atoms with E-state index in [1.54, 1.807) is 0 Å². The number of hydrogen-bond acceptors (Lipinski definition) is 4. The molecule has 0 aromatic carbocycles. The van der Waals surface area contributed by atoms with Crippen molar-refractivity contribution in [2.24, 2.45) is 46.3 Å². The Morgan fingerprint density at radius 2 is 1.49 bits per heavy atom. The fraction of sp³-hybridized carbons (Fsp3) is 0.968. The van der Waals surface area contributed by atoms with Crippen LogP contribution in [-0.4, -0.2) is 41.9 Å². The zero-order valence-electron chi connectivity index (χ0n) is 25.8. The summed E-state index contributed by atoms with van der Waals surface area (Å²) >= 11 is 0. The molecule has 37 heavy (non-hydrogen) atoms. The first kappa shape index (κ1) is 29.8. The quantitative estimate of drug-likeness (QED) is 0.225. The topological polar surface area (TPSA) is 44.8 Å². The lowest BCUT2D eigenvalue weighted by molar-refractivity contribution is -0.168. The van der Waals surface area contributed by atoms with E-state index >= 15 is 0 Å². The van der Waals surface area contributed by atoms with E-state index in [0.29, 0.717) is 47.2 Å². The van der Waals surface area contributed by atoms with E-state index in [0.717, 1.165) is 24.2 Å². The molecule has 6 heteroatoms. The number of methoxy groups -OCH3 is 1. The van der Waals surface area contributed by atoms with Gasteiger partial charge >= 0.3 is 5.97 Å². The lowest BCUT2D eigenvalue weighted by atomic mass is 9.43. The molecule has 214 valence electrons. The molecule has 4 aliphatic carbocycles. The smallest absolute Gasteiger partial charge is 0.305 e. The Hall–Kier alpha value is -0.176. The van der Waals surface area contributed by atoms with Gasteiger partial charge in [0.05, 0.1) is 7.11 Å². The van der Waals surface area contributed by atoms with Crippen molar-refractivity contribution in [3.05, 3.63) is 0 Å². The molecule has 4 unspecified atom stereocenters. The molecule has 4 nitrogen and oxygen atoms in total. The summed E-state index contributed by atoms with van der Waals surface area (Å²) in [7, 11) is -1.69. The molecule has 10 atom stereocenters. The first-order chi connectivity index (χ1) is 17.1. The maximum Gasteiger partial charge on any atom is 0.305 e. The zero-order valence-corrected chi connectivity index (χ0v) is 27.8. The molecule has 0 aromatic rings. The van der Waals surface area contributed by atoms with Crippen molar-refractivity contribution in [1.82, 2.24) is 0 Å². The molecule has 0 spiro atoms. The minimum absolute atomic E-state index is 0.0567. The van der Waals surface area contributed by atoms with E-state index in [-0.39, 0.29) is 5.97 Å². The Kier molecular flexibility index (Phi) is 8.59. The number of hydrogen-bond donors (Lipinski definition) is 0. The molecular formula is C31H58O4Si2. The average Bonchev–Trinajstić information content (AvgIpc) is 3.13. The van der Waals surface area contributed by atoms with Crippen LogP contribution in [0.2, 0.25) is 39.3 Å². The molecule has 4 saturated carbocycles. The van der Waals surface area contributed by atoms with Crippen molar-refractivity contribution in [3.63, 3.8) is 0 Å². The maximum atomic E-state index is 11.9. The van der Waals surface area contributed by atoms with Crippen LogP contribution in [0.1, 0.15) is 85.0 Å². The number of rotatable bonds is 8. The van der Waals surface area contributed by atoms with Gasteiger partial charge in [0, 0.05) is 18.6 Å². The van der Waals surface area contributed by atoms with E-state index < -0.39 is 16.6 Å². The van der Waals surface area contributed by atoms with Gasteiger partial charge in [-0.3, -0.25) is 4.79 Å². The standard InChI is InChI=1S/C31H58O4Si2/c1-21(11-14-28(32)33-4)24-12-13-25-29-26(16-18-31(24,25)3)30(2)17-15-23(34-36(5,6)7)19-22(30)20-27(29)35-37(8,9)10/h21-27,29H,11-20H2,1-10H3/t21?,22-,23+,24+,25?,26?,27+,29?,30-,31+/m0/s1. The van der Waals surface area contributed by atoms with E-state index in [9.17, 15) is 4.79 Å². The molecule has 0 bridgehead atoms. The molecule has 0 radical (unpaired) electrons. The van der Waals surface area contributed by atoms with Crippen molar-refractivity contribution in [2.75, 3.05) is 7.11 Å². The van der Waals surface area contributed by atoms with Crippen LogP contribution in [0.3, 0.4) is 0 Å². The molecule has 4 aliphatic rings. The third-order valence-electron chi connectivity index (χ3n) is 11.4. The molecule has 0 aromatic heterocycles. The largest absolute Gasteiger partial charge is 0.469 e. The predicted molar refractivity (Wildman–Crippen MR) is 157 cm³/mol. The van der Waals surface area contributed by atoms with Crippen LogP contribution in [0.25, 0.3) is 0 Å². The van der Waals surface area contributed by atoms with Crippen molar-refractivity contribution in [1.29, 1.82) is 0 Å². The number of carbonyl (C=O) groups is 1. The average molecular weight is 551 g/mol. The maximum absolute atomic E-state index is 11.9. The lowest BCUT2D eigenvalue weighted by Crippen LogP contribution is -2.60. The first-order valence-electron chi connectivity index (χ1n) is 15.5. The third kappa shape index (κ3) is 6.12. The van der Waals surface area contributed by atoms with Gasteiger partial charge in [-0.15, -0.1) is 0 Å². The van der Waals surface area contributed by atoms with Crippen molar-refractivity contribution >= 4 is 22.6 Å². The van der Waals surface area contributed by atoms with Crippen LogP contribution in [0.5, 0.6) is 0 Å². The summed E-state index contributed by atoms with van der Waals surface area (Å²) in [4.78, 5) is 11.9. The molecule has 0 saturated heterocycles. The van der Waals surface area contributed by atoms with Crippen molar-refractivity contribution in [3.8, 4) is 0 Å². The fourth-order valence-corrected chi connectivity index (χ4v) is 12.3. The molecule has 4 rings (SSSR count). The number of fused-ring (bicyclic) bond motifs is 5. The lowest BCUT2D eigenvalue weighted by Gasteiger charge is -2.64. The van der Waals surface area contributed by atoms with Crippen LogP contribution in [0.15, 0.2) is 0 Å². The summed E-state index contributed by atoms with van der Waals surface area (Å²) in [5.74, 6) is 4.18. The van der Waals surface area contributed by atoms with Crippen LogP contribution < -0.4 is 0 Å². The van der Waals surface area contributed by atoms with Gasteiger partial charge in [-0.25, -0.2) is 0 Å². The second-order valence-corrected chi connectivity index (χ2v) is 24.9. The third-order valence-corrected chi connectivity index (χ3v) is 13.5. The van der Waals surface area contributed by atoms with Crippen LogP contribution in [-0.2, 0) is 18.4 Å². The molecule has 0 amide bonds. The highest BCUT2D eigenvalue weighted by Gasteiger charge is 2.63. The molecular weight excluding hydrogens is 493 g/mol. The highest BCUT2D eigenvalue weighted by atomic mass is 28.4. The second kappa shape index (κ2) is 10.7. The SMILES string of the molecule is COC(=O)CCC(C)[C@H]1CCC2C3C(CC[C@@]21C)[C@@]1(C)CC[C@@H](O[Si](C)(C)C)C[C@H]1C[C@H]3O[Si](C)(C)C. The summed E-state index contributed by atoms with van der Waals surface area (Å²) in [6.45, 7) is 21.9. The minimum atomic E-state index is -1.67. The summed E-state index contributed by atoms with van der Waals surface area (Å²) in [6.07, 6.45) is 12.8. The monoisotopic (exact) mass is 550 g/mol. The Balaban J connectivity index is 1.59. The molecule has 0 aliphatic heterocycles. The number of carbonyl (C=O) groups excluding carboxylic acids is 1. The predicted octanol–water partition coefficient (Wildman–Crippen LogP) is 8.28. The van der Waals surface area contributed by atoms with Gasteiger partial charge < -0.3 is 13.6 Å². The van der Waals surface area contributed by atoms with Gasteiger partial charge in [0.25, 0.3) is 0 Å². The van der Waals surface area contributed by atoms with E-state index in [1.165, 1.54) is 58.5 Å². The van der Waals surface area contributed by atoms with Gasteiger partial charge in [-0.05, 0) is 143 Å². The van der Waals surface area contributed by atoms with Gasteiger partial charge in [-0.1, -0.05) is 20.8 Å². The summed E-state index contributed by atoms with van der Waals surface area (Å²) in [6, 6.07) is 0. The molecule has 4 fully saturated rings. The molecule has 0 heterocycles. The Morgan fingerprint density at radius 1 is 0.865 bits per heavy atom. The van der Waals surface area contributed by atoms with Gasteiger partial charge in [-0.2, -0.15) is 0 Å². The summed E-state index contributed by atoms with van der Waals surface area (Å²) in [5, 5.41) is 0. The van der Waals surface area contributed by atoms with Crippen LogP contribution in [0.4, 0.5) is 0 Å². The van der Waals surface area contributed by atoms with Gasteiger partial charge in [0.2, 0.25) is 0 Å². The van der Waals surface area contributed by atoms with Crippen molar-refractivity contribution in [2.45, 2.75) is 136 Å². The van der Waals surface area contributed by atoms with Gasteiger partial charge in [0.15, 0.2) is 16.6 Å². The number of ether oxygens (including phenoxy) is 1. The Morgan fingerprint density at radius 3 is 2.11 bits per heavy atom. The highest BCUT2D eigenvalue weighted by molar-refractivity contribution is 6.70. The van der Waals surface area contributed by atoms with Crippen molar-refractivity contribution < 1.29 is 18.4 Å². The first-order valence-corrected chi connectivity index (χ1v) is 22.3. The van der Waals surface area contributed by atoms with E-state index in [1.807, 2.05) is 0 Å². The molecule has 0 N–H and O–H groups in total. The fourth-order valence-electron chi connectivity index (χ4n) is 9.97. The minimum Gasteiger partial charge on any atom is -0.469 e. The van der Waals surface area contributed by atoms with E-state index in [2.05, 4.69) is 60.1 Å². The zero-order chi connectivity index (χ0) is 27.4. The second-order valence-electron chi connectivity index (χ2n) is 15.9. The summed E-state index contributed by atoms with van der Waals surface area (Å²) < 4.78 is 18.8. The number of esters is 1. The van der Waals surface area contributed by atoms with Gasteiger partial charge in [0.1, 0.15) is 0 Å². The normalized spacial score (nSPS) is 42.9.